The van der Waals surface area contributed by atoms with Crippen molar-refractivity contribution in [2.75, 3.05) is 13.2 Å². The Hall–Kier alpha value is 0.648. The van der Waals surface area contributed by atoms with Crippen molar-refractivity contribution < 1.29 is 25.8 Å². The molecular formula is C5H11OW-. The predicted octanol–water partition coefficient (Wildman–Crippen LogP) is 1.24. The predicted molar refractivity (Wildman–Crippen MR) is 26.5 cm³/mol. The first-order valence-electron chi connectivity index (χ1n) is 2.28. The molecule has 2 heteroatoms. The van der Waals surface area contributed by atoms with Crippen molar-refractivity contribution in [3.63, 3.8) is 0 Å². The van der Waals surface area contributed by atoms with Gasteiger partial charge in [0.05, 0.1) is 0 Å². The molecule has 0 fully saturated rings. The van der Waals surface area contributed by atoms with E-state index in [2.05, 4.69) is 13.8 Å². The minimum atomic E-state index is 0. The summed E-state index contributed by atoms with van der Waals surface area (Å²) < 4.78 is 4.87. The maximum atomic E-state index is 4.87. The quantitative estimate of drug-likeness (QED) is 0.554. The Morgan fingerprint density at radius 2 is 2.14 bits per heavy atom. The molecule has 0 bridgehead atoms. The molecule has 0 aromatic carbocycles. The summed E-state index contributed by atoms with van der Waals surface area (Å²) in [5.74, 6) is 0. The SMILES string of the molecule is [CH2-]COCCC.[W]. The molecule has 0 spiro atoms. The molecule has 44 valence electrons. The van der Waals surface area contributed by atoms with Gasteiger partial charge in [-0.2, -0.15) is 0 Å². The summed E-state index contributed by atoms with van der Waals surface area (Å²) in [5.41, 5.74) is 0. The van der Waals surface area contributed by atoms with Gasteiger partial charge in [-0.25, -0.2) is 0 Å². The molecule has 0 atom stereocenters. The zero-order valence-corrected chi connectivity index (χ0v) is 7.58. The van der Waals surface area contributed by atoms with E-state index in [1.165, 1.54) is 0 Å². The first kappa shape index (κ1) is 10.6. The summed E-state index contributed by atoms with van der Waals surface area (Å²) in [7, 11) is 0. The smallest absolute Gasteiger partial charge is 0.0427 e. The van der Waals surface area contributed by atoms with E-state index < -0.39 is 0 Å². The largest absolute Gasteiger partial charge is 0.413 e. The fourth-order valence-corrected chi connectivity index (χ4v) is 0.246. The molecule has 0 saturated carbocycles. The number of hydrogen-bond donors (Lipinski definition) is 0. The van der Waals surface area contributed by atoms with Crippen molar-refractivity contribution in [3.8, 4) is 0 Å². The van der Waals surface area contributed by atoms with Crippen molar-refractivity contribution in [2.24, 2.45) is 0 Å². The van der Waals surface area contributed by atoms with Crippen molar-refractivity contribution >= 4 is 0 Å². The van der Waals surface area contributed by atoms with E-state index in [0.29, 0.717) is 6.61 Å². The first-order valence-corrected chi connectivity index (χ1v) is 2.28. The van der Waals surface area contributed by atoms with E-state index in [9.17, 15) is 0 Å². The van der Waals surface area contributed by atoms with Gasteiger partial charge in [-0.15, -0.1) is 0 Å². The van der Waals surface area contributed by atoms with E-state index in [1.807, 2.05) is 0 Å². The third-order valence-electron chi connectivity index (χ3n) is 0.493. The van der Waals surface area contributed by atoms with Gasteiger partial charge < -0.3 is 11.7 Å². The Bertz CT molecular complexity index is 20.0. The molecule has 0 saturated heterocycles. The second-order valence-electron chi connectivity index (χ2n) is 1.11. The summed E-state index contributed by atoms with van der Waals surface area (Å²) in [6.45, 7) is 7.04. The maximum absolute atomic E-state index is 4.87. The Morgan fingerprint density at radius 3 is 2.29 bits per heavy atom. The Balaban J connectivity index is 0. The summed E-state index contributed by atoms with van der Waals surface area (Å²) in [6, 6.07) is 0. The molecule has 0 unspecified atom stereocenters. The number of rotatable bonds is 3. The van der Waals surface area contributed by atoms with Crippen LogP contribution in [0.2, 0.25) is 0 Å². The second kappa shape index (κ2) is 9.82. The maximum Gasteiger partial charge on any atom is 0.0427 e. The molecule has 0 radical (unpaired) electrons. The van der Waals surface area contributed by atoms with Gasteiger partial charge in [0.2, 0.25) is 0 Å². The summed E-state index contributed by atoms with van der Waals surface area (Å²) in [5, 5.41) is 0. The molecule has 1 nitrogen and oxygen atoms in total. The fourth-order valence-electron chi connectivity index (χ4n) is 0.246. The van der Waals surface area contributed by atoms with Crippen LogP contribution in [0.5, 0.6) is 0 Å². The fraction of sp³-hybridized carbons (Fsp3) is 0.800. The third-order valence-corrected chi connectivity index (χ3v) is 0.493. The van der Waals surface area contributed by atoms with Gasteiger partial charge >= 0.3 is 0 Å². The topological polar surface area (TPSA) is 9.23 Å². The van der Waals surface area contributed by atoms with Gasteiger partial charge in [-0.1, -0.05) is 13.5 Å². The average molecular weight is 271 g/mol. The van der Waals surface area contributed by atoms with Crippen LogP contribution < -0.4 is 0 Å². The summed E-state index contributed by atoms with van der Waals surface area (Å²) >= 11 is 0. The van der Waals surface area contributed by atoms with Crippen molar-refractivity contribution in [3.05, 3.63) is 6.92 Å². The number of hydrogen-bond acceptors (Lipinski definition) is 1. The third kappa shape index (κ3) is 10.8. The standard InChI is InChI=1S/C5H11O.W/c1-3-5-6-4-2;/h2-5H2,1H3;/q-1;. The van der Waals surface area contributed by atoms with Crippen molar-refractivity contribution in [1.82, 2.24) is 0 Å². The van der Waals surface area contributed by atoms with E-state index in [-0.39, 0.29) is 21.1 Å². The van der Waals surface area contributed by atoms with Gasteiger partial charge in [0.15, 0.2) is 0 Å². The average Bonchev–Trinajstić information content (AvgIpc) is 1.61. The van der Waals surface area contributed by atoms with Gasteiger partial charge in [-0.3, -0.25) is 0 Å². The Labute approximate surface area is 59.7 Å². The van der Waals surface area contributed by atoms with Crippen LogP contribution in [-0.2, 0) is 25.8 Å². The normalized spacial score (nSPS) is 7.71. The molecule has 0 aromatic heterocycles. The van der Waals surface area contributed by atoms with Gasteiger partial charge in [0.25, 0.3) is 0 Å². The first-order chi connectivity index (χ1) is 2.91. The minimum Gasteiger partial charge on any atom is -0.413 e. The van der Waals surface area contributed by atoms with Crippen LogP contribution in [0, 0.1) is 6.92 Å². The van der Waals surface area contributed by atoms with Crippen LogP contribution in [-0.4, -0.2) is 13.2 Å². The monoisotopic (exact) mass is 271 g/mol. The molecule has 0 rings (SSSR count). The molecule has 0 aliphatic heterocycles. The Morgan fingerprint density at radius 1 is 1.57 bits per heavy atom. The van der Waals surface area contributed by atoms with Crippen LogP contribution in [0.4, 0.5) is 0 Å². The number of ether oxygens (including phenoxy) is 1. The van der Waals surface area contributed by atoms with Crippen molar-refractivity contribution in [1.29, 1.82) is 0 Å². The van der Waals surface area contributed by atoms with Crippen LogP contribution in [0.1, 0.15) is 13.3 Å². The molecule has 0 N–H and O–H groups in total. The van der Waals surface area contributed by atoms with E-state index in [1.54, 1.807) is 0 Å². The minimum absolute atomic E-state index is 0. The van der Waals surface area contributed by atoms with Gasteiger partial charge in [0.1, 0.15) is 0 Å². The zero-order valence-electron chi connectivity index (χ0n) is 4.64. The molecular weight excluding hydrogens is 260 g/mol. The van der Waals surface area contributed by atoms with E-state index in [4.69, 9.17) is 4.74 Å². The second-order valence-corrected chi connectivity index (χ2v) is 1.11. The van der Waals surface area contributed by atoms with Gasteiger partial charge in [0, 0.05) is 27.7 Å². The molecule has 0 aromatic rings. The van der Waals surface area contributed by atoms with Crippen molar-refractivity contribution in [2.45, 2.75) is 13.3 Å². The van der Waals surface area contributed by atoms with E-state index >= 15 is 0 Å². The molecule has 0 aliphatic rings. The molecule has 0 heterocycles. The molecule has 0 aliphatic carbocycles. The summed E-state index contributed by atoms with van der Waals surface area (Å²) in [4.78, 5) is 0. The van der Waals surface area contributed by atoms with Crippen LogP contribution in [0.3, 0.4) is 0 Å². The van der Waals surface area contributed by atoms with Crippen LogP contribution in [0.15, 0.2) is 0 Å². The van der Waals surface area contributed by atoms with Gasteiger partial charge in [-0.05, 0) is 6.42 Å². The molecule has 0 amide bonds. The van der Waals surface area contributed by atoms with E-state index in [0.717, 1.165) is 13.0 Å². The summed E-state index contributed by atoms with van der Waals surface area (Å²) in [6.07, 6.45) is 1.09. The zero-order chi connectivity index (χ0) is 4.83. The van der Waals surface area contributed by atoms with Crippen LogP contribution in [0.25, 0.3) is 0 Å². The Kier molecular flexibility index (Phi) is 14.9. The molecule has 7 heavy (non-hydrogen) atoms. The van der Waals surface area contributed by atoms with Crippen LogP contribution >= 0.6 is 0 Å².